The van der Waals surface area contributed by atoms with Gasteiger partial charge in [-0.05, 0) is 25.6 Å². The van der Waals surface area contributed by atoms with Crippen molar-refractivity contribution in [2.75, 3.05) is 60.1 Å². The molecule has 152 valence electrons. The van der Waals surface area contributed by atoms with E-state index in [1.54, 1.807) is 0 Å². The molecular weight excluding hydrogens is 340 g/mol. The van der Waals surface area contributed by atoms with Crippen LogP contribution in [-0.2, 0) is 11.3 Å². The standard InChI is InChI=1S/C21H36N4O2/c1-5-25(6-2)12-14-27-20-10-8-7-9-19(20)15-23-21(22-3)24(4)16-18-11-13-26-17-18/h7-10,18H,5-6,11-17H2,1-4H3,(H,22,23). The highest BCUT2D eigenvalue weighted by Gasteiger charge is 2.19. The van der Waals surface area contributed by atoms with E-state index >= 15 is 0 Å². The average Bonchev–Trinajstić information content (AvgIpc) is 3.19. The summed E-state index contributed by atoms with van der Waals surface area (Å²) in [6.07, 6.45) is 1.13. The molecule has 1 fully saturated rings. The second-order valence-corrected chi connectivity index (χ2v) is 6.99. The Morgan fingerprint density at radius 2 is 2.07 bits per heavy atom. The van der Waals surface area contributed by atoms with Crippen LogP contribution >= 0.6 is 0 Å². The molecule has 6 heteroatoms. The molecule has 0 aliphatic carbocycles. The number of benzene rings is 1. The van der Waals surface area contributed by atoms with E-state index in [2.05, 4.69) is 53.1 Å². The molecule has 1 aromatic rings. The van der Waals surface area contributed by atoms with Crippen LogP contribution in [0.25, 0.3) is 0 Å². The molecule has 1 unspecified atom stereocenters. The highest BCUT2D eigenvalue weighted by Crippen LogP contribution is 2.18. The molecular formula is C21H36N4O2. The van der Waals surface area contributed by atoms with Gasteiger partial charge in [0.05, 0.1) is 6.61 Å². The molecule has 1 heterocycles. The van der Waals surface area contributed by atoms with E-state index in [-0.39, 0.29) is 0 Å². The zero-order chi connectivity index (χ0) is 19.5. The number of hydrogen-bond donors (Lipinski definition) is 1. The largest absolute Gasteiger partial charge is 0.492 e. The first-order valence-electron chi connectivity index (χ1n) is 10.1. The molecule has 1 aliphatic rings. The lowest BCUT2D eigenvalue weighted by atomic mass is 10.1. The number of hydrogen-bond acceptors (Lipinski definition) is 4. The predicted octanol–water partition coefficient (Wildman–Crippen LogP) is 2.45. The van der Waals surface area contributed by atoms with Crippen LogP contribution in [0, 0.1) is 5.92 Å². The van der Waals surface area contributed by atoms with Crippen molar-refractivity contribution in [1.82, 2.24) is 15.1 Å². The fraction of sp³-hybridized carbons (Fsp3) is 0.667. The van der Waals surface area contributed by atoms with Gasteiger partial charge in [-0.3, -0.25) is 4.99 Å². The number of rotatable bonds is 10. The monoisotopic (exact) mass is 376 g/mol. The Balaban J connectivity index is 1.86. The molecule has 1 atom stereocenters. The summed E-state index contributed by atoms with van der Waals surface area (Å²) < 4.78 is 11.5. The van der Waals surface area contributed by atoms with Gasteiger partial charge >= 0.3 is 0 Å². The van der Waals surface area contributed by atoms with Gasteiger partial charge in [0.25, 0.3) is 0 Å². The number of para-hydroxylation sites is 1. The minimum Gasteiger partial charge on any atom is -0.492 e. The Hall–Kier alpha value is -1.79. The third-order valence-corrected chi connectivity index (χ3v) is 5.10. The first-order valence-corrected chi connectivity index (χ1v) is 10.1. The zero-order valence-corrected chi connectivity index (χ0v) is 17.4. The van der Waals surface area contributed by atoms with Crippen LogP contribution in [0.15, 0.2) is 29.3 Å². The first-order chi connectivity index (χ1) is 13.2. The average molecular weight is 377 g/mol. The fourth-order valence-electron chi connectivity index (χ4n) is 3.38. The minimum absolute atomic E-state index is 0.587. The third-order valence-electron chi connectivity index (χ3n) is 5.10. The van der Waals surface area contributed by atoms with Crippen LogP contribution in [0.2, 0.25) is 0 Å². The Labute approximate surface area is 164 Å². The Kier molecular flexibility index (Phi) is 9.42. The van der Waals surface area contributed by atoms with Crippen molar-refractivity contribution in [3.8, 4) is 5.75 Å². The van der Waals surface area contributed by atoms with E-state index in [4.69, 9.17) is 9.47 Å². The van der Waals surface area contributed by atoms with Crippen LogP contribution in [0.1, 0.15) is 25.8 Å². The molecule has 0 saturated carbocycles. The van der Waals surface area contributed by atoms with Crippen LogP contribution < -0.4 is 10.1 Å². The van der Waals surface area contributed by atoms with E-state index < -0.39 is 0 Å². The molecule has 0 amide bonds. The van der Waals surface area contributed by atoms with Crippen molar-refractivity contribution in [2.24, 2.45) is 10.9 Å². The van der Waals surface area contributed by atoms with E-state index in [1.807, 2.05) is 19.2 Å². The van der Waals surface area contributed by atoms with Crippen molar-refractivity contribution >= 4 is 5.96 Å². The van der Waals surface area contributed by atoms with Crippen molar-refractivity contribution < 1.29 is 9.47 Å². The molecule has 1 aliphatic heterocycles. The van der Waals surface area contributed by atoms with Crippen molar-refractivity contribution in [3.63, 3.8) is 0 Å². The second-order valence-electron chi connectivity index (χ2n) is 6.99. The van der Waals surface area contributed by atoms with Crippen molar-refractivity contribution in [1.29, 1.82) is 0 Å². The zero-order valence-electron chi connectivity index (χ0n) is 17.4. The summed E-state index contributed by atoms with van der Waals surface area (Å²) in [5, 5.41) is 3.47. The minimum atomic E-state index is 0.587. The summed E-state index contributed by atoms with van der Waals surface area (Å²) in [7, 11) is 3.91. The Morgan fingerprint density at radius 1 is 1.30 bits per heavy atom. The number of likely N-dealkylation sites (N-methyl/N-ethyl adjacent to an activating group) is 1. The smallest absolute Gasteiger partial charge is 0.193 e. The number of guanidine groups is 1. The van der Waals surface area contributed by atoms with Gasteiger partial charge < -0.3 is 24.6 Å². The molecule has 27 heavy (non-hydrogen) atoms. The number of ether oxygens (including phenoxy) is 2. The quantitative estimate of drug-likeness (QED) is 0.502. The molecule has 2 rings (SSSR count). The predicted molar refractivity (Wildman–Crippen MR) is 111 cm³/mol. The summed E-state index contributed by atoms with van der Waals surface area (Å²) in [4.78, 5) is 8.97. The Morgan fingerprint density at radius 3 is 2.74 bits per heavy atom. The van der Waals surface area contributed by atoms with Gasteiger partial charge in [-0.25, -0.2) is 0 Å². The maximum absolute atomic E-state index is 6.05. The highest BCUT2D eigenvalue weighted by atomic mass is 16.5. The maximum Gasteiger partial charge on any atom is 0.193 e. The highest BCUT2D eigenvalue weighted by molar-refractivity contribution is 5.79. The van der Waals surface area contributed by atoms with Gasteiger partial charge in [-0.15, -0.1) is 0 Å². The van der Waals surface area contributed by atoms with Gasteiger partial charge in [-0.2, -0.15) is 0 Å². The van der Waals surface area contributed by atoms with Crippen LogP contribution in [0.5, 0.6) is 5.75 Å². The molecule has 1 saturated heterocycles. The molecule has 6 nitrogen and oxygen atoms in total. The van der Waals surface area contributed by atoms with Gasteiger partial charge in [0.15, 0.2) is 5.96 Å². The van der Waals surface area contributed by atoms with Crippen LogP contribution in [-0.4, -0.2) is 75.9 Å². The first kappa shape index (κ1) is 21.5. The molecule has 0 spiro atoms. The lowest BCUT2D eigenvalue weighted by molar-refractivity contribution is 0.181. The molecule has 0 aromatic heterocycles. The van der Waals surface area contributed by atoms with E-state index in [0.29, 0.717) is 19.1 Å². The molecule has 1 aromatic carbocycles. The van der Waals surface area contributed by atoms with Crippen LogP contribution in [0.4, 0.5) is 0 Å². The summed E-state index contributed by atoms with van der Waals surface area (Å²) >= 11 is 0. The van der Waals surface area contributed by atoms with Gasteiger partial charge in [0, 0.05) is 51.8 Å². The van der Waals surface area contributed by atoms with Crippen molar-refractivity contribution in [3.05, 3.63) is 29.8 Å². The number of nitrogens with zero attached hydrogens (tertiary/aromatic N) is 3. The number of nitrogens with one attached hydrogen (secondary N) is 1. The molecule has 1 N–H and O–H groups in total. The van der Waals surface area contributed by atoms with E-state index in [9.17, 15) is 0 Å². The van der Waals surface area contributed by atoms with Gasteiger partial charge in [0.2, 0.25) is 0 Å². The normalized spacial score (nSPS) is 17.4. The maximum atomic E-state index is 6.05. The van der Waals surface area contributed by atoms with Gasteiger partial charge in [-0.1, -0.05) is 32.0 Å². The van der Waals surface area contributed by atoms with E-state index in [0.717, 1.165) is 63.1 Å². The van der Waals surface area contributed by atoms with E-state index in [1.165, 1.54) is 0 Å². The van der Waals surface area contributed by atoms with Gasteiger partial charge in [0.1, 0.15) is 12.4 Å². The van der Waals surface area contributed by atoms with Crippen molar-refractivity contribution in [2.45, 2.75) is 26.8 Å². The fourth-order valence-corrected chi connectivity index (χ4v) is 3.38. The molecule has 0 bridgehead atoms. The lowest BCUT2D eigenvalue weighted by Crippen LogP contribution is -2.41. The third kappa shape index (κ3) is 7.03. The summed E-state index contributed by atoms with van der Waals surface area (Å²) in [6, 6.07) is 8.23. The Bertz CT molecular complexity index is 569. The topological polar surface area (TPSA) is 49.3 Å². The van der Waals surface area contributed by atoms with Crippen LogP contribution in [0.3, 0.4) is 0 Å². The second kappa shape index (κ2) is 11.8. The summed E-state index contributed by atoms with van der Waals surface area (Å²) in [5.74, 6) is 2.43. The lowest BCUT2D eigenvalue weighted by Gasteiger charge is -2.25. The molecule has 0 radical (unpaired) electrons. The summed E-state index contributed by atoms with van der Waals surface area (Å²) in [5.41, 5.74) is 1.15. The summed E-state index contributed by atoms with van der Waals surface area (Å²) in [6.45, 7) is 11.5. The number of aliphatic imine (C=N–C) groups is 1. The SMILES string of the molecule is CCN(CC)CCOc1ccccc1CNC(=NC)N(C)CC1CCOC1.